The standard InChI is InChI=1S/C16H21N3O/c1-13-15(6-9-20-13)11-18-10-14-2-4-16(5-3-14)19-8-7-17-12-19/h2-5,7-8,12-13,15,18H,6,9-11H2,1H3. The molecule has 2 heterocycles. The van der Waals surface area contributed by atoms with Gasteiger partial charge in [-0.2, -0.15) is 0 Å². The summed E-state index contributed by atoms with van der Waals surface area (Å²) < 4.78 is 7.59. The van der Waals surface area contributed by atoms with E-state index in [1.807, 2.05) is 17.1 Å². The number of benzene rings is 1. The Balaban J connectivity index is 1.51. The van der Waals surface area contributed by atoms with E-state index in [2.05, 4.69) is 41.5 Å². The molecule has 0 saturated carbocycles. The van der Waals surface area contributed by atoms with E-state index in [4.69, 9.17) is 4.74 Å². The molecular weight excluding hydrogens is 250 g/mol. The average molecular weight is 271 g/mol. The van der Waals surface area contributed by atoms with Crippen molar-refractivity contribution in [3.05, 3.63) is 48.5 Å². The van der Waals surface area contributed by atoms with Crippen molar-refractivity contribution in [2.75, 3.05) is 13.2 Å². The highest BCUT2D eigenvalue weighted by Crippen LogP contribution is 2.19. The van der Waals surface area contributed by atoms with Crippen LogP contribution < -0.4 is 5.32 Å². The van der Waals surface area contributed by atoms with Gasteiger partial charge in [-0.15, -0.1) is 0 Å². The Labute approximate surface area is 119 Å². The van der Waals surface area contributed by atoms with E-state index in [0.717, 1.165) is 25.4 Å². The van der Waals surface area contributed by atoms with Crippen LogP contribution >= 0.6 is 0 Å². The molecule has 4 nitrogen and oxygen atoms in total. The molecule has 1 saturated heterocycles. The Morgan fingerprint density at radius 2 is 2.20 bits per heavy atom. The third-order valence-electron chi connectivity index (χ3n) is 4.01. The zero-order valence-corrected chi connectivity index (χ0v) is 11.8. The van der Waals surface area contributed by atoms with Crippen LogP contribution in [-0.2, 0) is 11.3 Å². The maximum absolute atomic E-state index is 5.58. The van der Waals surface area contributed by atoms with E-state index in [9.17, 15) is 0 Å². The quantitative estimate of drug-likeness (QED) is 0.907. The first-order valence-corrected chi connectivity index (χ1v) is 7.22. The fourth-order valence-electron chi connectivity index (χ4n) is 2.64. The summed E-state index contributed by atoms with van der Waals surface area (Å²) in [5, 5.41) is 3.53. The van der Waals surface area contributed by atoms with Gasteiger partial charge in [0.2, 0.25) is 0 Å². The van der Waals surface area contributed by atoms with Crippen LogP contribution in [0.3, 0.4) is 0 Å². The Morgan fingerprint density at radius 1 is 1.35 bits per heavy atom. The van der Waals surface area contributed by atoms with Crippen molar-refractivity contribution in [1.29, 1.82) is 0 Å². The SMILES string of the molecule is CC1OCCC1CNCc1ccc(-n2ccnc2)cc1. The first-order valence-electron chi connectivity index (χ1n) is 7.22. The third-order valence-corrected chi connectivity index (χ3v) is 4.01. The number of nitrogens with one attached hydrogen (secondary N) is 1. The van der Waals surface area contributed by atoms with Crippen molar-refractivity contribution in [2.24, 2.45) is 5.92 Å². The second-order valence-corrected chi connectivity index (χ2v) is 5.39. The van der Waals surface area contributed by atoms with Gasteiger partial charge in [-0.05, 0) is 37.0 Å². The first-order chi connectivity index (χ1) is 9.83. The number of rotatable bonds is 5. The van der Waals surface area contributed by atoms with Crippen molar-refractivity contribution >= 4 is 0 Å². The van der Waals surface area contributed by atoms with Crippen LogP contribution in [0.5, 0.6) is 0 Å². The monoisotopic (exact) mass is 271 g/mol. The van der Waals surface area contributed by atoms with Crippen LogP contribution in [0.25, 0.3) is 5.69 Å². The van der Waals surface area contributed by atoms with Gasteiger partial charge >= 0.3 is 0 Å². The van der Waals surface area contributed by atoms with Gasteiger partial charge in [-0.1, -0.05) is 12.1 Å². The zero-order valence-electron chi connectivity index (χ0n) is 11.8. The van der Waals surface area contributed by atoms with Gasteiger partial charge < -0.3 is 14.6 Å². The molecule has 2 unspecified atom stereocenters. The third kappa shape index (κ3) is 3.08. The summed E-state index contributed by atoms with van der Waals surface area (Å²) in [4.78, 5) is 4.06. The Hall–Kier alpha value is -1.65. The molecular formula is C16H21N3O. The number of ether oxygens (including phenoxy) is 1. The van der Waals surface area contributed by atoms with Crippen LogP contribution in [0.2, 0.25) is 0 Å². The lowest BCUT2D eigenvalue weighted by Crippen LogP contribution is -2.26. The molecule has 0 aliphatic carbocycles. The number of nitrogens with zero attached hydrogens (tertiary/aromatic N) is 2. The molecule has 3 rings (SSSR count). The predicted octanol–water partition coefficient (Wildman–Crippen LogP) is 2.39. The minimum absolute atomic E-state index is 0.395. The van der Waals surface area contributed by atoms with Crippen molar-refractivity contribution in [2.45, 2.75) is 26.0 Å². The van der Waals surface area contributed by atoms with E-state index in [0.29, 0.717) is 12.0 Å². The summed E-state index contributed by atoms with van der Waals surface area (Å²) in [6, 6.07) is 8.58. The summed E-state index contributed by atoms with van der Waals surface area (Å²) >= 11 is 0. The normalized spacial score (nSPS) is 22.2. The van der Waals surface area contributed by atoms with Gasteiger partial charge in [0.25, 0.3) is 0 Å². The minimum atomic E-state index is 0.395. The number of hydrogen-bond donors (Lipinski definition) is 1. The Kier molecular flexibility index (Phi) is 4.14. The van der Waals surface area contributed by atoms with Gasteiger partial charge in [-0.3, -0.25) is 0 Å². The lowest BCUT2D eigenvalue weighted by molar-refractivity contribution is 0.105. The fourth-order valence-corrected chi connectivity index (χ4v) is 2.64. The predicted molar refractivity (Wildman–Crippen MR) is 78.8 cm³/mol. The molecule has 1 aromatic carbocycles. The molecule has 1 aromatic heterocycles. The van der Waals surface area contributed by atoms with Crippen molar-refractivity contribution in [1.82, 2.24) is 14.9 Å². The molecule has 20 heavy (non-hydrogen) atoms. The molecule has 2 aromatic rings. The van der Waals surface area contributed by atoms with Crippen molar-refractivity contribution in [3.63, 3.8) is 0 Å². The zero-order chi connectivity index (χ0) is 13.8. The molecule has 2 atom stereocenters. The largest absolute Gasteiger partial charge is 0.378 e. The second kappa shape index (κ2) is 6.20. The molecule has 0 bridgehead atoms. The van der Waals surface area contributed by atoms with E-state index in [1.165, 1.54) is 12.0 Å². The molecule has 0 radical (unpaired) electrons. The van der Waals surface area contributed by atoms with Crippen LogP contribution in [0.4, 0.5) is 0 Å². The van der Waals surface area contributed by atoms with Gasteiger partial charge in [0.15, 0.2) is 0 Å². The van der Waals surface area contributed by atoms with E-state index in [1.54, 1.807) is 6.20 Å². The molecule has 1 aliphatic rings. The summed E-state index contributed by atoms with van der Waals surface area (Å²) in [6.07, 6.45) is 7.13. The topological polar surface area (TPSA) is 39.1 Å². The summed E-state index contributed by atoms with van der Waals surface area (Å²) in [7, 11) is 0. The van der Waals surface area contributed by atoms with Crippen LogP contribution in [0.1, 0.15) is 18.9 Å². The van der Waals surface area contributed by atoms with E-state index < -0.39 is 0 Å². The molecule has 106 valence electrons. The minimum Gasteiger partial charge on any atom is -0.378 e. The Morgan fingerprint density at radius 3 is 2.85 bits per heavy atom. The van der Waals surface area contributed by atoms with Crippen LogP contribution in [0.15, 0.2) is 43.0 Å². The van der Waals surface area contributed by atoms with E-state index in [-0.39, 0.29) is 0 Å². The maximum atomic E-state index is 5.58. The van der Waals surface area contributed by atoms with Gasteiger partial charge in [-0.25, -0.2) is 4.98 Å². The second-order valence-electron chi connectivity index (χ2n) is 5.39. The highest BCUT2D eigenvalue weighted by Gasteiger charge is 2.23. The lowest BCUT2D eigenvalue weighted by atomic mass is 10.0. The highest BCUT2D eigenvalue weighted by atomic mass is 16.5. The lowest BCUT2D eigenvalue weighted by Gasteiger charge is -2.14. The molecule has 1 fully saturated rings. The molecule has 1 N–H and O–H groups in total. The molecule has 4 heteroatoms. The molecule has 0 spiro atoms. The van der Waals surface area contributed by atoms with Gasteiger partial charge in [0.05, 0.1) is 12.4 Å². The summed E-state index contributed by atoms with van der Waals surface area (Å²) in [5.74, 6) is 0.653. The number of aromatic nitrogens is 2. The molecule has 1 aliphatic heterocycles. The van der Waals surface area contributed by atoms with Gasteiger partial charge in [0, 0.05) is 37.8 Å². The maximum Gasteiger partial charge on any atom is 0.0991 e. The number of hydrogen-bond acceptors (Lipinski definition) is 3. The van der Waals surface area contributed by atoms with Crippen LogP contribution in [0, 0.1) is 5.92 Å². The highest BCUT2D eigenvalue weighted by molar-refractivity contribution is 5.34. The van der Waals surface area contributed by atoms with E-state index >= 15 is 0 Å². The number of imidazole rings is 1. The van der Waals surface area contributed by atoms with Crippen molar-refractivity contribution in [3.8, 4) is 5.69 Å². The fraction of sp³-hybridized carbons (Fsp3) is 0.438. The average Bonchev–Trinajstić information content (AvgIpc) is 3.12. The Bertz CT molecular complexity index is 521. The summed E-state index contributed by atoms with van der Waals surface area (Å²) in [6.45, 7) is 5.02. The van der Waals surface area contributed by atoms with Gasteiger partial charge in [0.1, 0.15) is 0 Å². The first kappa shape index (κ1) is 13.3. The molecule has 0 amide bonds. The van der Waals surface area contributed by atoms with Crippen molar-refractivity contribution < 1.29 is 4.74 Å². The summed E-state index contributed by atoms with van der Waals surface area (Å²) in [5.41, 5.74) is 2.45. The smallest absolute Gasteiger partial charge is 0.0991 e. The van der Waals surface area contributed by atoms with Crippen LogP contribution in [-0.4, -0.2) is 28.8 Å².